The largest absolute Gasteiger partial charge is 0.379 e. The number of ether oxygens (including phenoxy) is 3. The average molecular weight is 471 g/mol. The summed E-state index contributed by atoms with van der Waals surface area (Å²) in [6.07, 6.45) is 30.4. The van der Waals surface area contributed by atoms with Gasteiger partial charge in [-0.05, 0) is 12.8 Å². The molecule has 0 saturated heterocycles. The SMILES string of the molecule is CCCCCCCCCCCCCCCCOCCOCCOCCCCCCCCCC. The molecule has 0 rings (SSSR count). The van der Waals surface area contributed by atoms with Gasteiger partial charge in [-0.3, -0.25) is 0 Å². The molecule has 0 saturated carbocycles. The summed E-state index contributed by atoms with van der Waals surface area (Å²) in [5.74, 6) is 0. The van der Waals surface area contributed by atoms with Gasteiger partial charge in [0.05, 0.1) is 26.4 Å². The van der Waals surface area contributed by atoms with E-state index in [2.05, 4.69) is 13.8 Å². The van der Waals surface area contributed by atoms with Crippen molar-refractivity contribution in [2.24, 2.45) is 0 Å². The second kappa shape index (κ2) is 31.9. The lowest BCUT2D eigenvalue weighted by molar-refractivity contribution is 0.0132. The Balaban J connectivity index is 2.99. The molecule has 3 heteroatoms. The molecule has 0 unspecified atom stereocenters. The summed E-state index contributed by atoms with van der Waals surface area (Å²) in [6, 6.07) is 0. The molecule has 200 valence electrons. The number of hydrogen-bond acceptors (Lipinski definition) is 3. The summed E-state index contributed by atoms with van der Waals surface area (Å²) < 4.78 is 16.9. The second-order valence-corrected chi connectivity index (χ2v) is 9.91. The highest BCUT2D eigenvalue weighted by Gasteiger charge is 1.96. The van der Waals surface area contributed by atoms with E-state index < -0.39 is 0 Å². The normalized spacial score (nSPS) is 11.5. The van der Waals surface area contributed by atoms with Gasteiger partial charge < -0.3 is 14.2 Å². The van der Waals surface area contributed by atoms with E-state index in [1.165, 1.54) is 141 Å². The molecule has 0 bridgehead atoms. The van der Waals surface area contributed by atoms with Gasteiger partial charge in [0.1, 0.15) is 0 Å². The van der Waals surface area contributed by atoms with Crippen LogP contribution in [0.4, 0.5) is 0 Å². The van der Waals surface area contributed by atoms with E-state index >= 15 is 0 Å². The lowest BCUT2D eigenvalue weighted by Crippen LogP contribution is -2.10. The zero-order valence-electron chi connectivity index (χ0n) is 23.0. The van der Waals surface area contributed by atoms with E-state index in [0.29, 0.717) is 13.2 Å². The maximum atomic E-state index is 5.68. The minimum absolute atomic E-state index is 0.694. The van der Waals surface area contributed by atoms with E-state index in [4.69, 9.17) is 14.2 Å². The second-order valence-electron chi connectivity index (χ2n) is 9.91. The van der Waals surface area contributed by atoms with Gasteiger partial charge in [0.15, 0.2) is 0 Å². The molecule has 33 heavy (non-hydrogen) atoms. The van der Waals surface area contributed by atoms with Crippen molar-refractivity contribution >= 4 is 0 Å². The molecule has 0 radical (unpaired) electrons. The van der Waals surface area contributed by atoms with Crippen molar-refractivity contribution in [1.82, 2.24) is 0 Å². The quantitative estimate of drug-likeness (QED) is 0.0978. The Morgan fingerprint density at radius 3 is 0.727 bits per heavy atom. The first kappa shape index (κ1) is 32.9. The first-order valence-electron chi connectivity index (χ1n) is 15.1. The predicted octanol–water partition coefficient (Wildman–Crippen LogP) is 9.66. The summed E-state index contributed by atoms with van der Waals surface area (Å²) >= 11 is 0. The molecule has 0 aromatic rings. The van der Waals surface area contributed by atoms with Crippen LogP contribution in [-0.4, -0.2) is 39.6 Å². The van der Waals surface area contributed by atoms with E-state index in [1.807, 2.05) is 0 Å². The topological polar surface area (TPSA) is 27.7 Å². The molecule has 0 aliphatic rings. The fourth-order valence-electron chi connectivity index (χ4n) is 4.28. The molecule has 0 fully saturated rings. The molecule has 0 spiro atoms. The van der Waals surface area contributed by atoms with Crippen LogP contribution in [-0.2, 0) is 14.2 Å². The number of unbranched alkanes of at least 4 members (excludes halogenated alkanes) is 20. The van der Waals surface area contributed by atoms with Crippen LogP contribution >= 0.6 is 0 Å². The van der Waals surface area contributed by atoms with Gasteiger partial charge in [-0.1, -0.05) is 142 Å². The van der Waals surface area contributed by atoms with Gasteiger partial charge in [0.2, 0.25) is 0 Å². The maximum absolute atomic E-state index is 5.68. The summed E-state index contributed by atoms with van der Waals surface area (Å²) in [4.78, 5) is 0. The Morgan fingerprint density at radius 2 is 0.455 bits per heavy atom. The molecule has 0 atom stereocenters. The van der Waals surface area contributed by atoms with Crippen LogP contribution in [0.2, 0.25) is 0 Å². The zero-order valence-corrected chi connectivity index (χ0v) is 23.0. The van der Waals surface area contributed by atoms with E-state index in [0.717, 1.165) is 26.4 Å². The molecule has 0 N–H and O–H groups in total. The highest BCUT2D eigenvalue weighted by atomic mass is 16.5. The third kappa shape index (κ3) is 31.9. The first-order chi connectivity index (χ1) is 16.4. The molecule has 0 aromatic carbocycles. The van der Waals surface area contributed by atoms with Crippen molar-refractivity contribution in [2.45, 2.75) is 155 Å². The zero-order chi connectivity index (χ0) is 23.9. The Kier molecular flexibility index (Phi) is 31.8. The third-order valence-corrected chi connectivity index (χ3v) is 6.53. The Hall–Kier alpha value is -0.120. The Labute approximate surface area is 209 Å². The van der Waals surface area contributed by atoms with E-state index in [9.17, 15) is 0 Å². The standard InChI is InChI=1S/C30H62O3/c1-3-5-7-9-11-13-14-15-16-17-18-20-22-24-26-32-28-30-33-29-27-31-25-23-21-19-12-10-8-6-4-2/h3-30H2,1-2H3. The van der Waals surface area contributed by atoms with Crippen molar-refractivity contribution in [3.63, 3.8) is 0 Å². The van der Waals surface area contributed by atoms with E-state index in [-0.39, 0.29) is 0 Å². The van der Waals surface area contributed by atoms with Crippen LogP contribution in [0, 0.1) is 0 Å². The number of hydrogen-bond donors (Lipinski definition) is 0. The van der Waals surface area contributed by atoms with Gasteiger partial charge in [-0.15, -0.1) is 0 Å². The van der Waals surface area contributed by atoms with Gasteiger partial charge in [-0.25, -0.2) is 0 Å². The summed E-state index contributed by atoms with van der Waals surface area (Å²) in [5, 5.41) is 0. The van der Waals surface area contributed by atoms with Crippen LogP contribution in [0.15, 0.2) is 0 Å². The van der Waals surface area contributed by atoms with Crippen LogP contribution in [0.5, 0.6) is 0 Å². The van der Waals surface area contributed by atoms with Gasteiger partial charge >= 0.3 is 0 Å². The minimum atomic E-state index is 0.694. The van der Waals surface area contributed by atoms with Crippen LogP contribution in [0.1, 0.15) is 155 Å². The summed E-state index contributed by atoms with van der Waals surface area (Å²) in [7, 11) is 0. The summed E-state index contributed by atoms with van der Waals surface area (Å²) in [6.45, 7) is 9.16. The molecular weight excluding hydrogens is 408 g/mol. The lowest BCUT2D eigenvalue weighted by atomic mass is 10.0. The molecule has 3 nitrogen and oxygen atoms in total. The van der Waals surface area contributed by atoms with Crippen LogP contribution < -0.4 is 0 Å². The molecule has 0 aromatic heterocycles. The first-order valence-corrected chi connectivity index (χ1v) is 15.1. The summed E-state index contributed by atoms with van der Waals surface area (Å²) in [5.41, 5.74) is 0. The average Bonchev–Trinajstić information content (AvgIpc) is 2.83. The van der Waals surface area contributed by atoms with E-state index in [1.54, 1.807) is 0 Å². The Morgan fingerprint density at radius 1 is 0.242 bits per heavy atom. The van der Waals surface area contributed by atoms with Gasteiger partial charge in [0, 0.05) is 13.2 Å². The van der Waals surface area contributed by atoms with Crippen molar-refractivity contribution in [2.75, 3.05) is 39.6 Å². The smallest absolute Gasteiger partial charge is 0.0701 e. The minimum Gasteiger partial charge on any atom is -0.379 e. The van der Waals surface area contributed by atoms with Gasteiger partial charge in [-0.2, -0.15) is 0 Å². The van der Waals surface area contributed by atoms with Crippen molar-refractivity contribution in [3.8, 4) is 0 Å². The molecule has 0 heterocycles. The number of rotatable bonds is 30. The fraction of sp³-hybridized carbons (Fsp3) is 1.00. The highest BCUT2D eigenvalue weighted by molar-refractivity contribution is 4.49. The van der Waals surface area contributed by atoms with Crippen LogP contribution in [0.3, 0.4) is 0 Å². The molecule has 0 aliphatic heterocycles. The Bertz CT molecular complexity index is 292. The molecule has 0 amide bonds. The van der Waals surface area contributed by atoms with Crippen molar-refractivity contribution in [3.05, 3.63) is 0 Å². The maximum Gasteiger partial charge on any atom is 0.0701 e. The van der Waals surface area contributed by atoms with Crippen molar-refractivity contribution < 1.29 is 14.2 Å². The highest BCUT2D eigenvalue weighted by Crippen LogP contribution is 2.13. The predicted molar refractivity (Wildman–Crippen MR) is 145 cm³/mol. The van der Waals surface area contributed by atoms with Crippen LogP contribution in [0.25, 0.3) is 0 Å². The molecule has 0 aliphatic carbocycles. The monoisotopic (exact) mass is 470 g/mol. The fourth-order valence-corrected chi connectivity index (χ4v) is 4.28. The van der Waals surface area contributed by atoms with Gasteiger partial charge in [0.25, 0.3) is 0 Å². The third-order valence-electron chi connectivity index (χ3n) is 6.53. The van der Waals surface area contributed by atoms with Crippen molar-refractivity contribution in [1.29, 1.82) is 0 Å². The lowest BCUT2D eigenvalue weighted by Gasteiger charge is -2.07. The molecular formula is C30H62O3.